The third-order valence-electron chi connectivity index (χ3n) is 2.05. The quantitative estimate of drug-likeness (QED) is 0.453. The van der Waals surface area contributed by atoms with Gasteiger partial charge >= 0.3 is 0 Å². The van der Waals surface area contributed by atoms with E-state index in [4.69, 9.17) is 0 Å². The maximum absolute atomic E-state index is 10.9. The second-order valence-electron chi connectivity index (χ2n) is 3.13. The Morgan fingerprint density at radius 1 is 1.58 bits per heavy atom. The summed E-state index contributed by atoms with van der Waals surface area (Å²) in [6.07, 6.45) is 6.19. The molecule has 1 heteroatoms. The summed E-state index contributed by atoms with van der Waals surface area (Å²) < 4.78 is 0. The number of hydrogen-bond acceptors (Lipinski definition) is 1. The topological polar surface area (TPSA) is 17.1 Å². The molecule has 0 aliphatic heterocycles. The molecule has 68 valence electrons. The van der Waals surface area contributed by atoms with Crippen LogP contribution in [0.25, 0.3) is 0 Å². The zero-order valence-corrected chi connectivity index (χ0v) is 8.26. The van der Waals surface area contributed by atoms with E-state index in [1.165, 1.54) is 0 Å². The molecule has 0 heterocycles. The highest BCUT2D eigenvalue weighted by molar-refractivity contribution is 5.92. The molecule has 0 saturated carbocycles. The molecule has 0 amide bonds. The fourth-order valence-electron chi connectivity index (χ4n) is 1.03. The average Bonchev–Trinajstić information content (AvgIpc) is 2.03. The lowest BCUT2D eigenvalue weighted by atomic mass is 9.95. The Labute approximate surface area is 75.2 Å². The molecule has 0 radical (unpaired) electrons. The van der Waals surface area contributed by atoms with Crippen LogP contribution in [0.2, 0.25) is 0 Å². The molecule has 0 aromatic carbocycles. The van der Waals surface area contributed by atoms with E-state index >= 15 is 0 Å². The van der Waals surface area contributed by atoms with Gasteiger partial charge in [0, 0.05) is 0 Å². The summed E-state index contributed by atoms with van der Waals surface area (Å²) in [5.74, 6) is 0.432. The monoisotopic (exact) mass is 166 g/mol. The van der Waals surface area contributed by atoms with Crippen molar-refractivity contribution in [2.24, 2.45) is 5.92 Å². The molecule has 0 spiro atoms. The first kappa shape index (κ1) is 11.2. The fraction of sp³-hybridized carbons (Fsp3) is 0.545. The van der Waals surface area contributed by atoms with Crippen LogP contribution in [0, 0.1) is 5.92 Å². The van der Waals surface area contributed by atoms with E-state index in [0.29, 0.717) is 5.92 Å². The zero-order valence-electron chi connectivity index (χ0n) is 8.26. The molecular formula is C11H18O. The SMILES string of the molecule is C=C(C(C)=O)C(C)CCC=CC. The van der Waals surface area contributed by atoms with E-state index in [2.05, 4.69) is 12.7 Å². The number of ketones is 1. The van der Waals surface area contributed by atoms with Crippen LogP contribution in [0.15, 0.2) is 24.3 Å². The van der Waals surface area contributed by atoms with Crippen LogP contribution in [0.4, 0.5) is 0 Å². The van der Waals surface area contributed by atoms with Crippen LogP contribution in [-0.4, -0.2) is 5.78 Å². The van der Waals surface area contributed by atoms with Crippen LogP contribution in [0.3, 0.4) is 0 Å². The predicted molar refractivity (Wildman–Crippen MR) is 53.0 cm³/mol. The molecule has 0 aromatic heterocycles. The van der Waals surface area contributed by atoms with Gasteiger partial charge in [-0.2, -0.15) is 0 Å². The Balaban J connectivity index is 3.79. The summed E-state index contributed by atoms with van der Waals surface area (Å²) in [4.78, 5) is 10.9. The van der Waals surface area contributed by atoms with Gasteiger partial charge in [-0.25, -0.2) is 0 Å². The van der Waals surface area contributed by atoms with Gasteiger partial charge in [-0.15, -0.1) is 0 Å². The molecule has 12 heavy (non-hydrogen) atoms. The second-order valence-corrected chi connectivity index (χ2v) is 3.13. The lowest BCUT2D eigenvalue weighted by Crippen LogP contribution is -2.05. The van der Waals surface area contributed by atoms with E-state index in [-0.39, 0.29) is 5.78 Å². The van der Waals surface area contributed by atoms with Gasteiger partial charge in [0.15, 0.2) is 5.78 Å². The molecule has 0 aromatic rings. The first-order chi connectivity index (χ1) is 5.59. The van der Waals surface area contributed by atoms with Crippen LogP contribution in [0.1, 0.15) is 33.6 Å². The van der Waals surface area contributed by atoms with Gasteiger partial charge in [0.2, 0.25) is 0 Å². The summed E-state index contributed by atoms with van der Waals surface area (Å²) in [6.45, 7) is 9.39. The molecule has 1 nitrogen and oxygen atoms in total. The number of rotatable bonds is 5. The first-order valence-electron chi connectivity index (χ1n) is 4.40. The fourth-order valence-corrected chi connectivity index (χ4v) is 1.03. The Morgan fingerprint density at radius 3 is 2.58 bits per heavy atom. The van der Waals surface area contributed by atoms with E-state index in [1.807, 2.05) is 19.9 Å². The Morgan fingerprint density at radius 2 is 2.17 bits per heavy atom. The molecule has 0 aliphatic rings. The Bertz CT molecular complexity index is 189. The van der Waals surface area contributed by atoms with Gasteiger partial charge in [0.1, 0.15) is 0 Å². The van der Waals surface area contributed by atoms with Gasteiger partial charge < -0.3 is 0 Å². The standard InChI is InChI=1S/C11H18O/c1-5-6-7-8-9(2)10(3)11(4)12/h5-6,9H,3,7-8H2,1-2,4H3. The zero-order chi connectivity index (χ0) is 9.56. The minimum absolute atomic E-state index is 0.114. The van der Waals surface area contributed by atoms with Crippen molar-refractivity contribution in [3.8, 4) is 0 Å². The van der Waals surface area contributed by atoms with Gasteiger partial charge in [-0.05, 0) is 38.2 Å². The molecule has 0 aliphatic carbocycles. The summed E-state index contributed by atoms with van der Waals surface area (Å²) in [6, 6.07) is 0. The number of allylic oxidation sites excluding steroid dienone is 3. The summed E-state index contributed by atoms with van der Waals surface area (Å²) in [5.41, 5.74) is 0.750. The molecular weight excluding hydrogens is 148 g/mol. The molecule has 0 bridgehead atoms. The third kappa shape index (κ3) is 4.12. The minimum Gasteiger partial charge on any atom is -0.295 e. The molecule has 0 fully saturated rings. The lowest BCUT2D eigenvalue weighted by molar-refractivity contribution is -0.114. The van der Waals surface area contributed by atoms with E-state index < -0.39 is 0 Å². The summed E-state index contributed by atoms with van der Waals surface area (Å²) >= 11 is 0. The molecule has 0 saturated heterocycles. The smallest absolute Gasteiger partial charge is 0.155 e. The number of Topliss-reactive ketones (excluding diaryl/α,β-unsaturated/α-hetero) is 1. The van der Waals surface area contributed by atoms with E-state index in [1.54, 1.807) is 6.92 Å². The third-order valence-corrected chi connectivity index (χ3v) is 2.05. The lowest BCUT2D eigenvalue weighted by Gasteiger charge is -2.09. The van der Waals surface area contributed by atoms with Crippen molar-refractivity contribution in [1.29, 1.82) is 0 Å². The van der Waals surface area contributed by atoms with Crippen molar-refractivity contribution in [1.82, 2.24) is 0 Å². The van der Waals surface area contributed by atoms with Crippen molar-refractivity contribution < 1.29 is 4.79 Å². The Kier molecular flexibility index (Phi) is 5.35. The number of carbonyl (C=O) groups excluding carboxylic acids is 1. The van der Waals surface area contributed by atoms with Crippen molar-refractivity contribution in [2.45, 2.75) is 33.6 Å². The average molecular weight is 166 g/mol. The summed E-state index contributed by atoms with van der Waals surface area (Å²) in [5, 5.41) is 0. The van der Waals surface area contributed by atoms with Crippen LogP contribution >= 0.6 is 0 Å². The second kappa shape index (κ2) is 5.76. The van der Waals surface area contributed by atoms with Gasteiger partial charge in [0.05, 0.1) is 0 Å². The first-order valence-corrected chi connectivity index (χ1v) is 4.40. The van der Waals surface area contributed by atoms with Crippen LogP contribution < -0.4 is 0 Å². The normalized spacial score (nSPS) is 13.2. The molecule has 0 rings (SSSR count). The number of hydrogen-bond donors (Lipinski definition) is 0. The minimum atomic E-state index is 0.114. The predicted octanol–water partition coefficient (Wildman–Crippen LogP) is 3.12. The summed E-state index contributed by atoms with van der Waals surface area (Å²) in [7, 11) is 0. The van der Waals surface area contributed by atoms with Crippen LogP contribution in [0.5, 0.6) is 0 Å². The van der Waals surface area contributed by atoms with E-state index in [9.17, 15) is 4.79 Å². The van der Waals surface area contributed by atoms with Gasteiger partial charge in [-0.3, -0.25) is 4.79 Å². The van der Waals surface area contributed by atoms with Crippen molar-refractivity contribution in [3.05, 3.63) is 24.3 Å². The van der Waals surface area contributed by atoms with Gasteiger partial charge in [-0.1, -0.05) is 25.7 Å². The highest BCUT2D eigenvalue weighted by Gasteiger charge is 2.08. The van der Waals surface area contributed by atoms with Crippen molar-refractivity contribution in [2.75, 3.05) is 0 Å². The molecule has 1 unspecified atom stereocenters. The highest BCUT2D eigenvalue weighted by Crippen LogP contribution is 2.15. The maximum atomic E-state index is 10.9. The highest BCUT2D eigenvalue weighted by atomic mass is 16.1. The van der Waals surface area contributed by atoms with Crippen molar-refractivity contribution >= 4 is 5.78 Å². The van der Waals surface area contributed by atoms with E-state index in [0.717, 1.165) is 18.4 Å². The van der Waals surface area contributed by atoms with Gasteiger partial charge in [0.25, 0.3) is 0 Å². The van der Waals surface area contributed by atoms with Crippen molar-refractivity contribution in [3.63, 3.8) is 0 Å². The number of carbonyl (C=O) groups is 1. The molecule has 1 atom stereocenters. The maximum Gasteiger partial charge on any atom is 0.155 e. The van der Waals surface area contributed by atoms with Crippen LogP contribution in [-0.2, 0) is 4.79 Å². The largest absolute Gasteiger partial charge is 0.295 e. The Hall–Kier alpha value is -0.850. The molecule has 0 N–H and O–H groups in total.